The lowest BCUT2D eigenvalue weighted by Gasteiger charge is -2.16. The summed E-state index contributed by atoms with van der Waals surface area (Å²) in [6, 6.07) is 17.2. The van der Waals surface area contributed by atoms with Crippen LogP contribution in [-0.2, 0) is 17.9 Å². The summed E-state index contributed by atoms with van der Waals surface area (Å²) >= 11 is 0. The molecule has 20 heavy (non-hydrogen) atoms. The Hall–Kier alpha value is -1.90. The van der Waals surface area contributed by atoms with Crippen molar-refractivity contribution < 1.29 is 4.74 Å². The van der Waals surface area contributed by atoms with Crippen molar-refractivity contribution in [2.75, 3.05) is 14.2 Å². The molecule has 2 nitrogen and oxygen atoms in total. The molecule has 0 aliphatic carbocycles. The van der Waals surface area contributed by atoms with Crippen LogP contribution in [0.1, 0.15) is 11.1 Å². The van der Waals surface area contributed by atoms with Crippen LogP contribution >= 0.6 is 0 Å². The lowest BCUT2D eigenvalue weighted by molar-refractivity contribution is 0.187. The first kappa shape index (κ1) is 13.1. The van der Waals surface area contributed by atoms with E-state index in [1.54, 1.807) is 7.11 Å². The molecule has 0 atom stereocenters. The topological polar surface area (TPSA) is 21.3 Å². The number of ether oxygens (including phenoxy) is 1. The lowest BCUT2D eigenvalue weighted by Crippen LogP contribution is -2.07. The average molecular weight is 265 g/mol. The molecule has 0 radical (unpaired) electrons. The minimum absolute atomic E-state index is 0.640. The van der Waals surface area contributed by atoms with Gasteiger partial charge in [0, 0.05) is 13.7 Å². The van der Waals surface area contributed by atoms with Crippen LogP contribution in [0.5, 0.6) is 0 Å². The van der Waals surface area contributed by atoms with Crippen molar-refractivity contribution in [1.82, 2.24) is 5.32 Å². The predicted molar refractivity (Wildman–Crippen MR) is 84.9 cm³/mol. The number of nitrogens with one attached hydrogen (secondary N) is 1. The maximum Gasteiger partial charge on any atom is 0.0725 e. The monoisotopic (exact) mass is 265 g/mol. The van der Waals surface area contributed by atoms with Gasteiger partial charge < -0.3 is 10.1 Å². The largest absolute Gasteiger partial charge is 0.380 e. The van der Waals surface area contributed by atoms with E-state index in [1.807, 2.05) is 7.05 Å². The number of hydrogen-bond donors (Lipinski definition) is 1. The van der Waals surface area contributed by atoms with Crippen molar-refractivity contribution in [1.29, 1.82) is 0 Å². The Morgan fingerprint density at radius 2 is 1.25 bits per heavy atom. The van der Waals surface area contributed by atoms with Gasteiger partial charge in [-0.1, -0.05) is 48.5 Å². The molecule has 2 heteroatoms. The fraction of sp³-hybridized carbons (Fsp3) is 0.222. The van der Waals surface area contributed by atoms with E-state index in [2.05, 4.69) is 53.8 Å². The zero-order chi connectivity index (χ0) is 13.9. The predicted octanol–water partition coefficient (Wildman–Crippen LogP) is 3.86. The molecule has 0 unspecified atom stereocenters. The summed E-state index contributed by atoms with van der Waals surface area (Å²) in [6.45, 7) is 1.51. The maximum atomic E-state index is 5.43. The summed E-state index contributed by atoms with van der Waals surface area (Å²) in [5.41, 5.74) is 2.64. The molecule has 3 aromatic carbocycles. The zero-order valence-electron chi connectivity index (χ0n) is 11.9. The Morgan fingerprint density at radius 3 is 1.65 bits per heavy atom. The van der Waals surface area contributed by atoms with Gasteiger partial charge in [-0.3, -0.25) is 0 Å². The molecule has 3 aromatic rings. The second kappa shape index (κ2) is 5.61. The molecule has 0 spiro atoms. The summed E-state index contributed by atoms with van der Waals surface area (Å²) < 4.78 is 5.43. The molecule has 102 valence electrons. The van der Waals surface area contributed by atoms with Crippen molar-refractivity contribution in [3.63, 3.8) is 0 Å². The fourth-order valence-corrected chi connectivity index (χ4v) is 2.98. The normalized spacial score (nSPS) is 11.3. The second-order valence-corrected chi connectivity index (χ2v) is 5.01. The highest BCUT2D eigenvalue weighted by Crippen LogP contribution is 2.33. The Kier molecular flexibility index (Phi) is 3.68. The van der Waals surface area contributed by atoms with Crippen LogP contribution in [0, 0.1) is 0 Å². The third-order valence-corrected chi connectivity index (χ3v) is 3.80. The van der Waals surface area contributed by atoms with E-state index >= 15 is 0 Å². The van der Waals surface area contributed by atoms with E-state index in [9.17, 15) is 0 Å². The highest BCUT2D eigenvalue weighted by molar-refractivity contribution is 6.05. The van der Waals surface area contributed by atoms with Gasteiger partial charge >= 0.3 is 0 Å². The molecule has 0 aliphatic heterocycles. The van der Waals surface area contributed by atoms with Crippen LogP contribution in [0.3, 0.4) is 0 Å². The van der Waals surface area contributed by atoms with Crippen LogP contribution in [0.4, 0.5) is 0 Å². The van der Waals surface area contributed by atoms with E-state index in [-0.39, 0.29) is 0 Å². The summed E-state index contributed by atoms with van der Waals surface area (Å²) in [4.78, 5) is 0. The van der Waals surface area contributed by atoms with Gasteiger partial charge in [-0.15, -0.1) is 0 Å². The number of hydrogen-bond acceptors (Lipinski definition) is 2. The summed E-state index contributed by atoms with van der Waals surface area (Å²) in [5, 5.41) is 8.49. The Bertz CT molecular complexity index is 628. The minimum Gasteiger partial charge on any atom is -0.380 e. The smallest absolute Gasteiger partial charge is 0.0725 e. The second-order valence-electron chi connectivity index (χ2n) is 5.01. The quantitative estimate of drug-likeness (QED) is 0.723. The van der Waals surface area contributed by atoms with Gasteiger partial charge in [0.15, 0.2) is 0 Å². The minimum atomic E-state index is 0.640. The van der Waals surface area contributed by atoms with E-state index in [1.165, 1.54) is 32.7 Å². The van der Waals surface area contributed by atoms with Crippen LogP contribution in [-0.4, -0.2) is 14.2 Å². The number of methoxy groups -OCH3 is 1. The third kappa shape index (κ3) is 2.07. The fourth-order valence-electron chi connectivity index (χ4n) is 2.98. The molecule has 0 saturated heterocycles. The van der Waals surface area contributed by atoms with Crippen LogP contribution < -0.4 is 5.32 Å². The SMILES string of the molecule is CNCc1c2ccccc2c(COC)c2ccccc12. The van der Waals surface area contributed by atoms with E-state index in [0.29, 0.717) is 6.61 Å². The molecule has 3 rings (SSSR count). The molecule has 0 heterocycles. The highest BCUT2D eigenvalue weighted by atomic mass is 16.5. The molecule has 0 aromatic heterocycles. The summed E-state index contributed by atoms with van der Waals surface area (Å²) in [6.07, 6.45) is 0. The van der Waals surface area contributed by atoms with Crippen molar-refractivity contribution in [3.05, 3.63) is 59.7 Å². The van der Waals surface area contributed by atoms with Crippen LogP contribution in [0.2, 0.25) is 0 Å². The highest BCUT2D eigenvalue weighted by Gasteiger charge is 2.12. The molecular weight excluding hydrogens is 246 g/mol. The van der Waals surface area contributed by atoms with E-state index in [0.717, 1.165) is 6.54 Å². The van der Waals surface area contributed by atoms with Crippen LogP contribution in [0.15, 0.2) is 48.5 Å². The average Bonchev–Trinajstić information content (AvgIpc) is 2.50. The van der Waals surface area contributed by atoms with Gasteiger partial charge in [-0.2, -0.15) is 0 Å². The van der Waals surface area contributed by atoms with Crippen molar-refractivity contribution in [2.24, 2.45) is 0 Å². The standard InChI is InChI=1S/C18H19NO/c1-19-11-17-13-7-3-5-9-15(13)18(12-20-2)16-10-6-4-8-14(16)17/h3-10,19H,11-12H2,1-2H3. The molecule has 1 N–H and O–H groups in total. The number of fused-ring (bicyclic) bond motifs is 2. The maximum absolute atomic E-state index is 5.43. The first-order valence-electron chi connectivity index (χ1n) is 6.91. The number of rotatable bonds is 4. The van der Waals surface area contributed by atoms with Crippen molar-refractivity contribution in [2.45, 2.75) is 13.2 Å². The van der Waals surface area contributed by atoms with Gasteiger partial charge in [-0.05, 0) is 39.7 Å². The van der Waals surface area contributed by atoms with Gasteiger partial charge in [0.25, 0.3) is 0 Å². The number of benzene rings is 3. The molecule has 0 bridgehead atoms. The molecule has 0 aliphatic rings. The van der Waals surface area contributed by atoms with Crippen molar-refractivity contribution in [3.8, 4) is 0 Å². The molecule has 0 fully saturated rings. The first-order chi connectivity index (χ1) is 9.86. The zero-order valence-corrected chi connectivity index (χ0v) is 11.9. The Balaban J connectivity index is 2.47. The molecule has 0 amide bonds. The Morgan fingerprint density at radius 1 is 0.800 bits per heavy atom. The van der Waals surface area contributed by atoms with Crippen LogP contribution in [0.25, 0.3) is 21.5 Å². The first-order valence-corrected chi connectivity index (χ1v) is 6.91. The third-order valence-electron chi connectivity index (χ3n) is 3.80. The molecular formula is C18H19NO. The molecule has 0 saturated carbocycles. The van der Waals surface area contributed by atoms with Gasteiger partial charge in [0.05, 0.1) is 6.61 Å². The van der Waals surface area contributed by atoms with Gasteiger partial charge in [-0.25, -0.2) is 0 Å². The Labute approximate surface area is 119 Å². The lowest BCUT2D eigenvalue weighted by atomic mass is 9.92. The van der Waals surface area contributed by atoms with Crippen molar-refractivity contribution >= 4 is 21.5 Å². The van der Waals surface area contributed by atoms with Gasteiger partial charge in [0.2, 0.25) is 0 Å². The van der Waals surface area contributed by atoms with E-state index < -0.39 is 0 Å². The van der Waals surface area contributed by atoms with E-state index in [4.69, 9.17) is 4.74 Å². The summed E-state index contributed by atoms with van der Waals surface area (Å²) in [7, 11) is 3.75. The van der Waals surface area contributed by atoms with Gasteiger partial charge in [0.1, 0.15) is 0 Å². The summed E-state index contributed by atoms with van der Waals surface area (Å²) in [5.74, 6) is 0.